The number of fused-ring (bicyclic) bond motifs is 1. The normalized spacial score (nSPS) is 22.1. The first-order valence-electron chi connectivity index (χ1n) is 13.8. The maximum absolute atomic E-state index is 13.7. The minimum atomic E-state index is -4.02. The Hall–Kier alpha value is -3.30. The molecule has 2 aromatic rings. The van der Waals surface area contributed by atoms with E-state index in [4.69, 9.17) is 9.47 Å². The second kappa shape index (κ2) is 12.7. The van der Waals surface area contributed by atoms with Gasteiger partial charge in [0, 0.05) is 42.9 Å². The summed E-state index contributed by atoms with van der Waals surface area (Å²) in [5.74, 6) is 6.33. The number of nitrogens with zero attached hydrogens (tertiary/aromatic N) is 2. The molecule has 1 fully saturated rings. The zero-order chi connectivity index (χ0) is 29.8. The number of urea groups is 1. The van der Waals surface area contributed by atoms with Gasteiger partial charge in [0.15, 0.2) is 0 Å². The molecule has 4 rings (SSSR count). The zero-order valence-electron chi connectivity index (χ0n) is 24.0. The van der Waals surface area contributed by atoms with Crippen LogP contribution in [0.2, 0.25) is 0 Å². The van der Waals surface area contributed by atoms with E-state index in [2.05, 4.69) is 17.2 Å². The predicted octanol–water partition coefficient (Wildman–Crippen LogP) is 3.28. The van der Waals surface area contributed by atoms with Crippen molar-refractivity contribution in [3.05, 3.63) is 48.0 Å². The van der Waals surface area contributed by atoms with Crippen LogP contribution in [0.3, 0.4) is 0 Å². The molecule has 1 aliphatic heterocycles. The molecule has 1 heterocycles. The van der Waals surface area contributed by atoms with Crippen molar-refractivity contribution in [2.75, 3.05) is 39.2 Å². The van der Waals surface area contributed by atoms with Gasteiger partial charge in [-0.3, -0.25) is 0 Å². The van der Waals surface area contributed by atoms with Gasteiger partial charge >= 0.3 is 6.03 Å². The third-order valence-electron chi connectivity index (χ3n) is 7.66. The SMILES string of the molecule is COc1cccc(NC(=O)N(C)C[C@@H]2Oc3cc(C#CC4(O)CCCC4)ccc3S(=O)(=O)N([C@H](C)CO)C[C@@H]2C)c1. The Labute approximate surface area is 242 Å². The number of nitrogens with one attached hydrogen (secondary N) is 1. The summed E-state index contributed by atoms with van der Waals surface area (Å²) in [7, 11) is -0.828. The summed E-state index contributed by atoms with van der Waals surface area (Å²) >= 11 is 0. The predicted molar refractivity (Wildman–Crippen MR) is 155 cm³/mol. The molecule has 0 radical (unpaired) electrons. The van der Waals surface area contributed by atoms with E-state index < -0.39 is 27.8 Å². The third kappa shape index (κ3) is 7.13. The smallest absolute Gasteiger partial charge is 0.321 e. The van der Waals surface area contributed by atoms with Gasteiger partial charge in [0.05, 0.1) is 20.3 Å². The van der Waals surface area contributed by atoms with Crippen LogP contribution in [0.1, 0.15) is 45.1 Å². The number of hydrogen-bond donors (Lipinski definition) is 3. The summed E-state index contributed by atoms with van der Waals surface area (Å²) in [5, 5.41) is 23.4. The number of amides is 2. The summed E-state index contributed by atoms with van der Waals surface area (Å²) in [5.41, 5.74) is 0.0389. The fourth-order valence-electron chi connectivity index (χ4n) is 5.07. The van der Waals surface area contributed by atoms with Crippen LogP contribution < -0.4 is 14.8 Å². The van der Waals surface area contributed by atoms with E-state index in [0.29, 0.717) is 29.8 Å². The van der Waals surface area contributed by atoms with Gasteiger partial charge in [-0.25, -0.2) is 13.2 Å². The number of sulfonamides is 1. The van der Waals surface area contributed by atoms with E-state index in [1.165, 1.54) is 15.3 Å². The van der Waals surface area contributed by atoms with Crippen LogP contribution in [0.25, 0.3) is 0 Å². The number of carbonyl (C=O) groups excluding carboxylic acids is 1. The Morgan fingerprint density at radius 2 is 2.00 bits per heavy atom. The molecule has 1 saturated carbocycles. The fourth-order valence-corrected chi connectivity index (χ4v) is 6.89. The molecule has 0 unspecified atom stereocenters. The molecular weight excluding hydrogens is 546 g/mol. The number of benzene rings is 2. The largest absolute Gasteiger partial charge is 0.497 e. The first-order valence-corrected chi connectivity index (χ1v) is 15.2. The van der Waals surface area contributed by atoms with Gasteiger partial charge in [-0.1, -0.05) is 24.8 Å². The molecular formula is C30H39N3O7S. The maximum atomic E-state index is 13.7. The van der Waals surface area contributed by atoms with Crippen molar-refractivity contribution in [1.82, 2.24) is 9.21 Å². The van der Waals surface area contributed by atoms with Gasteiger partial charge in [0.2, 0.25) is 10.0 Å². The number of carbonyl (C=O) groups is 1. The standard InChI is InChI=1S/C30H39N3O7S/c1-21-18-33(22(2)20-34)41(37,38)28-11-10-23(12-15-30(36)13-5-6-14-30)16-26(28)40-27(21)19-32(3)29(35)31-24-8-7-9-25(17-24)39-4/h7-11,16-17,21-22,27,34,36H,5-6,13-14,18-20H2,1-4H3,(H,31,35)/t21-,22+,27-/m0/s1. The average Bonchev–Trinajstić information content (AvgIpc) is 3.39. The van der Waals surface area contributed by atoms with Gasteiger partial charge in [0.25, 0.3) is 0 Å². The van der Waals surface area contributed by atoms with E-state index >= 15 is 0 Å². The van der Waals surface area contributed by atoms with Crippen molar-refractivity contribution in [3.8, 4) is 23.3 Å². The van der Waals surface area contributed by atoms with Crippen molar-refractivity contribution in [1.29, 1.82) is 0 Å². The minimum absolute atomic E-state index is 0.0386. The second-order valence-electron chi connectivity index (χ2n) is 10.9. The lowest BCUT2D eigenvalue weighted by Gasteiger charge is -2.37. The summed E-state index contributed by atoms with van der Waals surface area (Å²) in [6, 6.07) is 10.6. The molecule has 0 bridgehead atoms. The Morgan fingerprint density at radius 1 is 1.27 bits per heavy atom. The molecule has 3 atom stereocenters. The van der Waals surface area contributed by atoms with Crippen molar-refractivity contribution < 1.29 is 32.9 Å². The van der Waals surface area contributed by atoms with Gasteiger partial charge in [-0.2, -0.15) is 4.31 Å². The van der Waals surface area contributed by atoms with Crippen LogP contribution in [0.4, 0.5) is 10.5 Å². The van der Waals surface area contributed by atoms with Gasteiger partial charge in [-0.05, 0) is 62.9 Å². The molecule has 2 aromatic carbocycles. The van der Waals surface area contributed by atoms with Crippen LogP contribution in [-0.2, 0) is 10.0 Å². The molecule has 3 N–H and O–H groups in total. The zero-order valence-corrected chi connectivity index (χ0v) is 24.8. The van der Waals surface area contributed by atoms with E-state index in [0.717, 1.165) is 12.8 Å². The number of likely N-dealkylation sites (N-methyl/N-ethyl adjacent to an activating group) is 1. The molecule has 11 heteroatoms. The monoisotopic (exact) mass is 585 g/mol. The Morgan fingerprint density at radius 3 is 2.68 bits per heavy atom. The number of aliphatic hydroxyl groups excluding tert-OH is 1. The number of methoxy groups -OCH3 is 1. The Balaban J connectivity index is 1.64. The number of aliphatic hydroxyl groups is 2. The van der Waals surface area contributed by atoms with Crippen LogP contribution in [0.15, 0.2) is 47.4 Å². The van der Waals surface area contributed by atoms with E-state index in [1.807, 2.05) is 6.92 Å². The first kappa shape index (κ1) is 30.7. The maximum Gasteiger partial charge on any atom is 0.321 e. The Kier molecular flexibility index (Phi) is 9.49. The lowest BCUT2D eigenvalue weighted by atomic mass is 10.0. The van der Waals surface area contributed by atoms with E-state index in [9.17, 15) is 23.4 Å². The summed E-state index contributed by atoms with van der Waals surface area (Å²) in [6.45, 7) is 3.41. The fraction of sp³-hybridized carbons (Fsp3) is 0.500. The lowest BCUT2D eigenvalue weighted by Crippen LogP contribution is -2.50. The highest BCUT2D eigenvalue weighted by Crippen LogP contribution is 2.35. The van der Waals surface area contributed by atoms with E-state index in [-0.39, 0.29) is 42.3 Å². The quantitative estimate of drug-likeness (QED) is 0.444. The molecule has 1 aliphatic carbocycles. The van der Waals surface area contributed by atoms with Crippen molar-refractivity contribution in [2.45, 2.75) is 62.2 Å². The van der Waals surface area contributed by atoms with Crippen LogP contribution >= 0.6 is 0 Å². The lowest BCUT2D eigenvalue weighted by molar-refractivity contribution is 0.0830. The van der Waals surface area contributed by atoms with Crippen LogP contribution in [0.5, 0.6) is 11.5 Å². The molecule has 41 heavy (non-hydrogen) atoms. The summed E-state index contributed by atoms with van der Waals surface area (Å²) < 4.78 is 40.3. The number of hydrogen-bond acceptors (Lipinski definition) is 7. The van der Waals surface area contributed by atoms with Crippen LogP contribution in [0, 0.1) is 17.8 Å². The number of anilines is 1. The number of rotatable bonds is 6. The third-order valence-corrected chi connectivity index (χ3v) is 9.68. The molecule has 2 amide bonds. The van der Waals surface area contributed by atoms with E-state index in [1.54, 1.807) is 57.5 Å². The van der Waals surface area contributed by atoms with Gasteiger partial charge in [0.1, 0.15) is 28.1 Å². The van der Waals surface area contributed by atoms with Crippen molar-refractivity contribution in [2.24, 2.45) is 5.92 Å². The molecule has 0 saturated heterocycles. The molecule has 2 aliphatic rings. The van der Waals surface area contributed by atoms with Crippen LogP contribution in [-0.4, -0.2) is 85.5 Å². The average molecular weight is 586 g/mol. The van der Waals surface area contributed by atoms with Gasteiger partial charge in [-0.15, -0.1) is 0 Å². The Bertz CT molecular complexity index is 1410. The highest BCUT2D eigenvalue weighted by molar-refractivity contribution is 7.89. The molecule has 0 spiro atoms. The molecule has 0 aromatic heterocycles. The topological polar surface area (TPSA) is 129 Å². The summed E-state index contributed by atoms with van der Waals surface area (Å²) in [4.78, 5) is 14.5. The molecule has 222 valence electrons. The number of ether oxygens (including phenoxy) is 2. The summed E-state index contributed by atoms with van der Waals surface area (Å²) in [6.07, 6.45) is 2.45. The minimum Gasteiger partial charge on any atom is -0.497 e. The molecule has 10 nitrogen and oxygen atoms in total. The highest BCUT2D eigenvalue weighted by Gasteiger charge is 2.38. The van der Waals surface area contributed by atoms with Crippen molar-refractivity contribution in [3.63, 3.8) is 0 Å². The van der Waals surface area contributed by atoms with Crippen molar-refractivity contribution >= 4 is 21.7 Å². The second-order valence-corrected chi connectivity index (χ2v) is 12.8. The van der Waals surface area contributed by atoms with Gasteiger partial charge < -0.3 is 29.9 Å². The first-order chi connectivity index (χ1) is 19.5. The highest BCUT2D eigenvalue weighted by atomic mass is 32.2.